The standard InChI is InChI=1S/C10H9ClN2O4/c1-5(14)7-3-4-8(11)10(13(16)17)9(7)12-6(2)15/h3-4H,1-2H3,(H,12,15). The van der Waals surface area contributed by atoms with E-state index in [9.17, 15) is 19.7 Å². The highest BCUT2D eigenvalue weighted by Gasteiger charge is 2.24. The van der Waals surface area contributed by atoms with Crippen molar-refractivity contribution in [2.24, 2.45) is 0 Å². The molecule has 6 nitrogen and oxygen atoms in total. The zero-order valence-electron chi connectivity index (χ0n) is 9.11. The molecule has 0 fully saturated rings. The van der Waals surface area contributed by atoms with Crippen molar-refractivity contribution in [1.82, 2.24) is 0 Å². The van der Waals surface area contributed by atoms with Crippen LogP contribution >= 0.6 is 11.6 Å². The molecule has 0 heterocycles. The van der Waals surface area contributed by atoms with Gasteiger partial charge >= 0.3 is 5.69 Å². The SMILES string of the molecule is CC(=O)Nc1c(C(C)=O)ccc(Cl)c1[N+](=O)[O-]. The van der Waals surface area contributed by atoms with Gasteiger partial charge in [-0.2, -0.15) is 0 Å². The maximum absolute atomic E-state index is 11.3. The summed E-state index contributed by atoms with van der Waals surface area (Å²) in [5, 5.41) is 13.0. The summed E-state index contributed by atoms with van der Waals surface area (Å²) in [5.74, 6) is -0.911. The summed E-state index contributed by atoms with van der Waals surface area (Å²) < 4.78 is 0. The fourth-order valence-electron chi connectivity index (χ4n) is 1.34. The van der Waals surface area contributed by atoms with E-state index in [1.54, 1.807) is 0 Å². The molecule has 0 atom stereocenters. The Labute approximate surface area is 102 Å². The number of carbonyl (C=O) groups excluding carboxylic acids is 2. The Balaban J connectivity index is 3.55. The van der Waals surface area contributed by atoms with Crippen molar-refractivity contribution < 1.29 is 14.5 Å². The molecule has 7 heteroatoms. The molecule has 1 aromatic carbocycles. The number of ketones is 1. The Morgan fingerprint density at radius 1 is 1.35 bits per heavy atom. The lowest BCUT2D eigenvalue weighted by Crippen LogP contribution is -2.12. The minimum Gasteiger partial charge on any atom is -0.320 e. The number of nitro groups is 1. The van der Waals surface area contributed by atoms with Crippen LogP contribution in [-0.4, -0.2) is 16.6 Å². The maximum Gasteiger partial charge on any atom is 0.311 e. The van der Waals surface area contributed by atoms with Crippen molar-refractivity contribution in [2.45, 2.75) is 13.8 Å². The van der Waals surface area contributed by atoms with Crippen molar-refractivity contribution in [2.75, 3.05) is 5.32 Å². The molecular formula is C10H9ClN2O4. The van der Waals surface area contributed by atoms with E-state index in [4.69, 9.17) is 11.6 Å². The normalized spacial score (nSPS) is 9.82. The fraction of sp³-hybridized carbons (Fsp3) is 0.200. The Hall–Kier alpha value is -1.95. The van der Waals surface area contributed by atoms with Crippen molar-refractivity contribution >= 4 is 34.7 Å². The van der Waals surface area contributed by atoms with Gasteiger partial charge in [0, 0.05) is 12.5 Å². The average Bonchev–Trinajstić information content (AvgIpc) is 2.15. The molecule has 0 radical (unpaired) electrons. The van der Waals surface area contributed by atoms with Crippen LogP contribution in [0.2, 0.25) is 5.02 Å². The van der Waals surface area contributed by atoms with Crippen LogP contribution in [0.1, 0.15) is 24.2 Å². The third kappa shape index (κ3) is 2.79. The molecule has 0 saturated carbocycles. The van der Waals surface area contributed by atoms with Crippen LogP contribution in [0.3, 0.4) is 0 Å². The third-order valence-corrected chi connectivity index (χ3v) is 2.30. The van der Waals surface area contributed by atoms with E-state index >= 15 is 0 Å². The first kappa shape index (κ1) is 13.1. The van der Waals surface area contributed by atoms with Gasteiger partial charge in [0.15, 0.2) is 5.78 Å². The Bertz CT molecular complexity index is 513. The quantitative estimate of drug-likeness (QED) is 0.511. The number of amides is 1. The molecule has 0 aliphatic heterocycles. The number of nitro benzene ring substituents is 1. The number of halogens is 1. The molecular weight excluding hydrogens is 248 g/mol. The van der Waals surface area contributed by atoms with Crippen LogP contribution in [0.4, 0.5) is 11.4 Å². The van der Waals surface area contributed by atoms with Crippen molar-refractivity contribution in [1.29, 1.82) is 0 Å². The molecule has 90 valence electrons. The third-order valence-electron chi connectivity index (χ3n) is 1.99. The van der Waals surface area contributed by atoms with Crippen LogP contribution in [0.15, 0.2) is 12.1 Å². The first-order chi connectivity index (χ1) is 7.84. The Kier molecular flexibility index (Phi) is 3.80. The number of benzene rings is 1. The zero-order valence-corrected chi connectivity index (χ0v) is 9.87. The average molecular weight is 257 g/mol. The van der Waals surface area contributed by atoms with E-state index < -0.39 is 22.3 Å². The highest BCUT2D eigenvalue weighted by molar-refractivity contribution is 6.33. The lowest BCUT2D eigenvalue weighted by atomic mass is 10.1. The molecule has 0 saturated heterocycles. The number of carbonyl (C=O) groups is 2. The van der Waals surface area contributed by atoms with Gasteiger partial charge in [0.2, 0.25) is 5.91 Å². The molecule has 0 aliphatic carbocycles. The summed E-state index contributed by atoms with van der Waals surface area (Å²) >= 11 is 5.68. The van der Waals surface area contributed by atoms with E-state index in [-0.39, 0.29) is 16.3 Å². The summed E-state index contributed by atoms with van der Waals surface area (Å²) in [6, 6.07) is 2.59. The van der Waals surface area contributed by atoms with Gasteiger partial charge in [0.25, 0.3) is 0 Å². The van der Waals surface area contributed by atoms with Crippen molar-refractivity contribution in [3.05, 3.63) is 32.8 Å². The number of Topliss-reactive ketones (excluding diaryl/α,β-unsaturated/α-hetero) is 1. The molecule has 0 unspecified atom stereocenters. The molecule has 1 aromatic rings. The highest BCUT2D eigenvalue weighted by atomic mass is 35.5. The van der Waals surface area contributed by atoms with Gasteiger partial charge in [0.05, 0.1) is 4.92 Å². The predicted molar refractivity (Wildman–Crippen MR) is 62.4 cm³/mol. The van der Waals surface area contributed by atoms with Gasteiger partial charge in [0.1, 0.15) is 10.7 Å². The molecule has 1 amide bonds. The van der Waals surface area contributed by atoms with Gasteiger partial charge in [-0.1, -0.05) is 11.6 Å². The Morgan fingerprint density at radius 3 is 2.35 bits per heavy atom. The molecule has 1 N–H and O–H groups in total. The minimum absolute atomic E-state index is 0.0521. The monoisotopic (exact) mass is 256 g/mol. The smallest absolute Gasteiger partial charge is 0.311 e. The number of hydrogen-bond donors (Lipinski definition) is 1. The highest BCUT2D eigenvalue weighted by Crippen LogP contribution is 2.35. The summed E-state index contributed by atoms with van der Waals surface area (Å²) in [6.07, 6.45) is 0. The number of nitrogens with one attached hydrogen (secondary N) is 1. The van der Waals surface area contributed by atoms with Gasteiger partial charge in [-0.05, 0) is 19.1 Å². The summed E-state index contributed by atoms with van der Waals surface area (Å²) in [5.41, 5.74) is -0.589. The second-order valence-corrected chi connectivity index (χ2v) is 3.72. The van der Waals surface area contributed by atoms with Crippen molar-refractivity contribution in [3.63, 3.8) is 0 Å². The topological polar surface area (TPSA) is 89.3 Å². The number of rotatable bonds is 3. The van der Waals surface area contributed by atoms with E-state index in [2.05, 4.69) is 5.32 Å². The second-order valence-electron chi connectivity index (χ2n) is 3.31. The molecule has 0 aromatic heterocycles. The van der Waals surface area contributed by atoms with E-state index in [1.165, 1.54) is 26.0 Å². The summed E-state index contributed by atoms with van der Waals surface area (Å²) in [4.78, 5) is 32.4. The van der Waals surface area contributed by atoms with Gasteiger partial charge in [-0.15, -0.1) is 0 Å². The number of hydrogen-bond acceptors (Lipinski definition) is 4. The van der Waals surface area contributed by atoms with Crippen LogP contribution in [-0.2, 0) is 4.79 Å². The van der Waals surface area contributed by atoms with Crippen LogP contribution < -0.4 is 5.32 Å². The minimum atomic E-state index is -0.736. The molecule has 17 heavy (non-hydrogen) atoms. The Morgan fingerprint density at radius 2 is 1.94 bits per heavy atom. The summed E-state index contributed by atoms with van der Waals surface area (Å²) in [7, 11) is 0. The predicted octanol–water partition coefficient (Wildman–Crippen LogP) is 2.41. The first-order valence-electron chi connectivity index (χ1n) is 4.60. The second kappa shape index (κ2) is 4.92. The fourth-order valence-corrected chi connectivity index (χ4v) is 1.57. The van der Waals surface area contributed by atoms with Crippen LogP contribution in [0.25, 0.3) is 0 Å². The van der Waals surface area contributed by atoms with E-state index in [0.717, 1.165) is 0 Å². The van der Waals surface area contributed by atoms with Gasteiger partial charge in [-0.25, -0.2) is 0 Å². The van der Waals surface area contributed by atoms with Gasteiger partial charge < -0.3 is 5.32 Å². The first-order valence-corrected chi connectivity index (χ1v) is 4.97. The molecule has 0 spiro atoms. The largest absolute Gasteiger partial charge is 0.320 e. The molecule has 1 rings (SSSR count). The van der Waals surface area contributed by atoms with Crippen LogP contribution in [0.5, 0.6) is 0 Å². The molecule has 0 bridgehead atoms. The zero-order chi connectivity index (χ0) is 13.2. The summed E-state index contributed by atoms with van der Waals surface area (Å²) in [6.45, 7) is 2.44. The maximum atomic E-state index is 11.3. The lowest BCUT2D eigenvalue weighted by Gasteiger charge is -2.09. The molecule has 0 aliphatic rings. The van der Waals surface area contributed by atoms with E-state index in [0.29, 0.717) is 0 Å². The number of nitrogens with zero attached hydrogens (tertiary/aromatic N) is 1. The van der Waals surface area contributed by atoms with Gasteiger partial charge in [-0.3, -0.25) is 19.7 Å². The lowest BCUT2D eigenvalue weighted by molar-refractivity contribution is -0.383. The van der Waals surface area contributed by atoms with Crippen molar-refractivity contribution in [3.8, 4) is 0 Å². The van der Waals surface area contributed by atoms with Crippen LogP contribution in [0, 0.1) is 10.1 Å². The number of anilines is 1. The van der Waals surface area contributed by atoms with E-state index in [1.807, 2.05) is 0 Å².